The molecule has 2 aromatic rings. The number of carbonyl (C=O) groups excluding carboxylic acids is 2. The number of rotatable bonds is 6. The second-order valence-corrected chi connectivity index (χ2v) is 8.00. The van der Waals surface area contributed by atoms with E-state index in [4.69, 9.17) is 0 Å². The highest BCUT2D eigenvalue weighted by Crippen LogP contribution is 2.44. The largest absolute Gasteiger partial charge is 0.352 e. The van der Waals surface area contributed by atoms with E-state index in [1.165, 1.54) is 6.07 Å². The quantitative estimate of drug-likeness (QED) is 0.740. The molecule has 3 rings (SSSR count). The van der Waals surface area contributed by atoms with Gasteiger partial charge in [0.05, 0.1) is 11.1 Å². The Morgan fingerprint density at radius 2 is 1.92 bits per heavy atom. The highest BCUT2D eigenvalue weighted by atomic mass is 19.1. The van der Waals surface area contributed by atoms with Crippen molar-refractivity contribution in [2.75, 3.05) is 0 Å². The second-order valence-electron chi connectivity index (χ2n) is 8.00. The van der Waals surface area contributed by atoms with E-state index in [1.54, 1.807) is 12.1 Å². The Morgan fingerprint density at radius 1 is 1.23 bits per heavy atom. The average Bonchev–Trinajstić information content (AvgIpc) is 3.14. The zero-order chi connectivity index (χ0) is 18.9. The summed E-state index contributed by atoms with van der Waals surface area (Å²) in [4.78, 5) is 31.5. The van der Waals surface area contributed by atoms with Gasteiger partial charge in [-0.3, -0.25) is 9.59 Å². The number of carbonyl (C=O) groups is 2. The van der Waals surface area contributed by atoms with Crippen molar-refractivity contribution in [3.63, 3.8) is 0 Å². The van der Waals surface area contributed by atoms with Crippen LogP contribution in [0.1, 0.15) is 58.7 Å². The molecule has 0 saturated heterocycles. The van der Waals surface area contributed by atoms with Crippen LogP contribution in [-0.2, 0) is 15.1 Å². The molecule has 0 radical (unpaired) electrons. The SMILES string of the molecule is CC(C)(C)NC(=O)CCCC(=O)NC1(c2nc3cccc(F)c3[nH]2)CC1. The van der Waals surface area contributed by atoms with Gasteiger partial charge in [0.2, 0.25) is 11.8 Å². The summed E-state index contributed by atoms with van der Waals surface area (Å²) in [5.41, 5.74) is 0.116. The first-order chi connectivity index (χ1) is 12.2. The van der Waals surface area contributed by atoms with E-state index in [1.807, 2.05) is 20.8 Å². The molecule has 1 saturated carbocycles. The number of aromatic amines is 1. The number of benzene rings is 1. The molecule has 1 aromatic heterocycles. The molecule has 0 unspecified atom stereocenters. The molecule has 2 amide bonds. The third-order valence-corrected chi connectivity index (χ3v) is 4.37. The van der Waals surface area contributed by atoms with Gasteiger partial charge in [-0.15, -0.1) is 0 Å². The fourth-order valence-corrected chi connectivity index (χ4v) is 2.99. The molecule has 1 aliphatic carbocycles. The summed E-state index contributed by atoms with van der Waals surface area (Å²) in [6.07, 6.45) is 2.61. The van der Waals surface area contributed by atoms with Crippen molar-refractivity contribution in [1.82, 2.24) is 20.6 Å². The van der Waals surface area contributed by atoms with Crippen molar-refractivity contribution < 1.29 is 14.0 Å². The maximum absolute atomic E-state index is 13.8. The molecule has 0 spiro atoms. The van der Waals surface area contributed by atoms with Crippen LogP contribution in [-0.4, -0.2) is 27.3 Å². The highest BCUT2D eigenvalue weighted by Gasteiger charge is 2.48. The lowest BCUT2D eigenvalue weighted by molar-refractivity contribution is -0.123. The Morgan fingerprint density at radius 3 is 2.54 bits per heavy atom. The number of hydrogen-bond acceptors (Lipinski definition) is 3. The minimum absolute atomic E-state index is 0.0563. The van der Waals surface area contributed by atoms with Crippen LogP contribution in [0.5, 0.6) is 0 Å². The number of para-hydroxylation sites is 1. The predicted molar refractivity (Wildman–Crippen MR) is 96.9 cm³/mol. The molecule has 1 heterocycles. The molecule has 7 heteroatoms. The number of imidazole rings is 1. The Hall–Kier alpha value is -2.44. The molecule has 0 aliphatic heterocycles. The molecule has 0 atom stereocenters. The first kappa shape index (κ1) is 18.4. The van der Waals surface area contributed by atoms with E-state index in [0.717, 1.165) is 12.8 Å². The number of halogens is 1. The van der Waals surface area contributed by atoms with E-state index in [9.17, 15) is 14.0 Å². The topological polar surface area (TPSA) is 86.9 Å². The van der Waals surface area contributed by atoms with Crippen molar-refractivity contribution in [2.24, 2.45) is 0 Å². The number of nitrogens with one attached hydrogen (secondary N) is 3. The Bertz CT molecular complexity index is 834. The Balaban J connectivity index is 1.55. The van der Waals surface area contributed by atoms with Crippen LogP contribution in [0.25, 0.3) is 11.0 Å². The van der Waals surface area contributed by atoms with Crippen LogP contribution in [0.4, 0.5) is 4.39 Å². The molecular formula is C19H25FN4O2. The normalized spacial score (nSPS) is 15.7. The molecule has 26 heavy (non-hydrogen) atoms. The summed E-state index contributed by atoms with van der Waals surface area (Å²) in [5.74, 6) is 0.0656. The Kier molecular flexibility index (Phi) is 4.73. The lowest BCUT2D eigenvalue weighted by Crippen LogP contribution is -2.40. The van der Waals surface area contributed by atoms with Crippen molar-refractivity contribution >= 4 is 22.8 Å². The van der Waals surface area contributed by atoms with Crippen LogP contribution in [0, 0.1) is 5.82 Å². The van der Waals surface area contributed by atoms with E-state index < -0.39 is 5.54 Å². The van der Waals surface area contributed by atoms with Gasteiger partial charge in [-0.05, 0) is 52.2 Å². The molecule has 0 bridgehead atoms. The summed E-state index contributed by atoms with van der Waals surface area (Å²) >= 11 is 0. The second kappa shape index (κ2) is 6.70. The summed E-state index contributed by atoms with van der Waals surface area (Å²) in [5, 5.41) is 5.88. The zero-order valence-corrected chi connectivity index (χ0v) is 15.4. The van der Waals surface area contributed by atoms with Crippen LogP contribution in [0.2, 0.25) is 0 Å². The molecule has 140 valence electrons. The molecule has 1 aromatic carbocycles. The average molecular weight is 360 g/mol. The minimum Gasteiger partial charge on any atom is -0.352 e. The third-order valence-electron chi connectivity index (χ3n) is 4.37. The number of H-pyrrole nitrogens is 1. The van der Waals surface area contributed by atoms with E-state index in [0.29, 0.717) is 29.7 Å². The van der Waals surface area contributed by atoms with Gasteiger partial charge in [-0.2, -0.15) is 0 Å². The van der Waals surface area contributed by atoms with Gasteiger partial charge in [-0.25, -0.2) is 9.37 Å². The maximum atomic E-state index is 13.8. The molecular weight excluding hydrogens is 335 g/mol. The minimum atomic E-state index is -0.532. The van der Waals surface area contributed by atoms with Crippen LogP contribution in [0.3, 0.4) is 0 Å². The number of nitrogens with zero attached hydrogens (tertiary/aromatic N) is 1. The van der Waals surface area contributed by atoms with E-state index in [2.05, 4.69) is 20.6 Å². The van der Waals surface area contributed by atoms with Gasteiger partial charge < -0.3 is 15.6 Å². The van der Waals surface area contributed by atoms with Crippen molar-refractivity contribution in [3.05, 3.63) is 29.8 Å². The molecule has 1 fully saturated rings. The number of fused-ring (bicyclic) bond motifs is 1. The van der Waals surface area contributed by atoms with Gasteiger partial charge >= 0.3 is 0 Å². The Labute approximate surface area is 152 Å². The fourth-order valence-electron chi connectivity index (χ4n) is 2.99. The zero-order valence-electron chi connectivity index (χ0n) is 15.4. The summed E-state index contributed by atoms with van der Waals surface area (Å²) in [6, 6.07) is 4.73. The van der Waals surface area contributed by atoms with Crippen molar-refractivity contribution in [2.45, 2.75) is 64.0 Å². The van der Waals surface area contributed by atoms with Gasteiger partial charge in [0.15, 0.2) is 0 Å². The number of amides is 2. The van der Waals surface area contributed by atoms with Crippen molar-refractivity contribution in [3.8, 4) is 0 Å². The lowest BCUT2D eigenvalue weighted by atomic mass is 10.1. The van der Waals surface area contributed by atoms with E-state index in [-0.39, 0.29) is 29.6 Å². The van der Waals surface area contributed by atoms with Crippen LogP contribution < -0.4 is 10.6 Å². The summed E-state index contributed by atoms with van der Waals surface area (Å²) in [7, 11) is 0. The van der Waals surface area contributed by atoms with E-state index >= 15 is 0 Å². The third kappa shape index (κ3) is 4.20. The van der Waals surface area contributed by atoms with Gasteiger partial charge in [-0.1, -0.05) is 6.07 Å². The van der Waals surface area contributed by atoms with Gasteiger partial charge in [0, 0.05) is 18.4 Å². The van der Waals surface area contributed by atoms with Crippen molar-refractivity contribution in [1.29, 1.82) is 0 Å². The number of aromatic nitrogens is 2. The van der Waals surface area contributed by atoms with Crippen LogP contribution >= 0.6 is 0 Å². The monoisotopic (exact) mass is 360 g/mol. The lowest BCUT2D eigenvalue weighted by Gasteiger charge is -2.20. The first-order valence-electron chi connectivity index (χ1n) is 8.95. The molecule has 6 nitrogen and oxygen atoms in total. The maximum Gasteiger partial charge on any atom is 0.220 e. The van der Waals surface area contributed by atoms with Crippen LogP contribution in [0.15, 0.2) is 18.2 Å². The summed E-state index contributed by atoms with van der Waals surface area (Å²) in [6.45, 7) is 5.76. The standard InChI is InChI=1S/C19H25FN4O2/c1-18(2,3)23-14(25)8-5-9-15(26)24-19(10-11-19)17-21-13-7-4-6-12(20)16(13)22-17/h4,6-7H,5,8-11H2,1-3H3,(H,21,22)(H,23,25)(H,24,26). The molecule has 1 aliphatic rings. The first-order valence-corrected chi connectivity index (χ1v) is 8.95. The van der Waals surface area contributed by atoms with Gasteiger partial charge in [0.25, 0.3) is 0 Å². The number of hydrogen-bond donors (Lipinski definition) is 3. The molecule has 3 N–H and O–H groups in total. The smallest absolute Gasteiger partial charge is 0.220 e. The predicted octanol–water partition coefficient (Wildman–Crippen LogP) is 2.89. The highest BCUT2D eigenvalue weighted by molar-refractivity contribution is 5.80. The van der Waals surface area contributed by atoms with Gasteiger partial charge in [0.1, 0.15) is 17.2 Å². The fraction of sp³-hybridized carbons (Fsp3) is 0.526. The summed E-state index contributed by atoms with van der Waals surface area (Å²) < 4.78 is 13.8.